The molecule has 46 valence electrons. The van der Waals surface area contributed by atoms with Gasteiger partial charge in [0.2, 0.25) is 0 Å². The van der Waals surface area contributed by atoms with E-state index in [-0.39, 0.29) is 0 Å². The molecule has 0 amide bonds. The first kappa shape index (κ1) is 5.50. The van der Waals surface area contributed by atoms with E-state index in [2.05, 4.69) is 16.4 Å². The third kappa shape index (κ3) is 0.904. The van der Waals surface area contributed by atoms with Gasteiger partial charge in [0.25, 0.3) is 0 Å². The van der Waals surface area contributed by atoms with Crippen LogP contribution in [0.5, 0.6) is 0 Å². The highest BCUT2D eigenvalue weighted by Gasteiger charge is 2.05. The first-order chi connectivity index (χ1) is 4.47. The third-order valence-electron chi connectivity index (χ3n) is 1.13. The molecule has 0 spiro atoms. The van der Waals surface area contributed by atoms with E-state index < -0.39 is 0 Å². The maximum Gasteiger partial charge on any atom is 0.0870 e. The maximum absolute atomic E-state index is 4.22. The highest BCUT2D eigenvalue weighted by atomic mass is 32.2. The Bertz CT molecular complexity index is 239. The number of nitrogens with zero attached hydrogens (tertiary/aromatic N) is 1. The summed E-state index contributed by atoms with van der Waals surface area (Å²) < 4.78 is 1.36. The van der Waals surface area contributed by atoms with E-state index in [0.717, 1.165) is 11.4 Å². The number of fused-ring (bicyclic) bond motifs is 1. The molecular formula is C6H5NS2. The predicted molar refractivity (Wildman–Crippen MR) is 43.2 cm³/mol. The number of hydrogen-bond acceptors (Lipinski definition) is 3. The average molecular weight is 155 g/mol. The van der Waals surface area contributed by atoms with Crippen molar-refractivity contribution in [1.82, 2.24) is 0 Å². The highest BCUT2D eigenvalue weighted by molar-refractivity contribution is 8.01. The van der Waals surface area contributed by atoms with Crippen molar-refractivity contribution in [2.75, 3.05) is 5.75 Å². The summed E-state index contributed by atoms with van der Waals surface area (Å²) in [5.41, 5.74) is 1.15. The van der Waals surface area contributed by atoms with Gasteiger partial charge in [-0.3, -0.25) is 4.99 Å². The van der Waals surface area contributed by atoms with Crippen LogP contribution in [-0.2, 0) is 0 Å². The summed E-state index contributed by atoms with van der Waals surface area (Å²) >= 11 is 3.64. The van der Waals surface area contributed by atoms with Crippen molar-refractivity contribution >= 4 is 35.0 Å². The van der Waals surface area contributed by atoms with Crippen LogP contribution in [0, 0.1) is 0 Å². The van der Waals surface area contributed by atoms with Gasteiger partial charge in [-0.15, -0.1) is 23.1 Å². The summed E-state index contributed by atoms with van der Waals surface area (Å²) in [5.74, 6) is 1.04. The molecule has 0 bridgehead atoms. The Morgan fingerprint density at radius 1 is 1.56 bits per heavy atom. The van der Waals surface area contributed by atoms with Crippen LogP contribution in [0.4, 0.5) is 5.69 Å². The highest BCUT2D eigenvalue weighted by Crippen LogP contribution is 2.36. The van der Waals surface area contributed by atoms with Crippen LogP contribution in [0.25, 0.3) is 0 Å². The Morgan fingerprint density at radius 2 is 2.56 bits per heavy atom. The zero-order chi connectivity index (χ0) is 6.10. The average Bonchev–Trinajstić information content (AvgIpc) is 2.33. The van der Waals surface area contributed by atoms with Gasteiger partial charge in [0.15, 0.2) is 0 Å². The van der Waals surface area contributed by atoms with Crippen LogP contribution in [0.3, 0.4) is 0 Å². The van der Waals surface area contributed by atoms with Crippen molar-refractivity contribution in [3.8, 4) is 0 Å². The fraction of sp³-hybridized carbons (Fsp3) is 0.167. The Hall–Kier alpha value is -0.280. The van der Waals surface area contributed by atoms with Gasteiger partial charge in [0, 0.05) is 12.0 Å². The standard InChI is InChI=1S/C6H5NS2/c1-3-8-6-5(1)7-2-4-9-6/h1-3H,4H2. The van der Waals surface area contributed by atoms with E-state index in [4.69, 9.17) is 0 Å². The van der Waals surface area contributed by atoms with Gasteiger partial charge < -0.3 is 0 Å². The molecule has 3 heteroatoms. The van der Waals surface area contributed by atoms with Gasteiger partial charge in [-0.25, -0.2) is 0 Å². The third-order valence-corrected chi connectivity index (χ3v) is 3.25. The molecule has 0 radical (unpaired) electrons. The predicted octanol–water partition coefficient (Wildman–Crippen LogP) is 2.56. The van der Waals surface area contributed by atoms with Crippen LogP contribution in [0.1, 0.15) is 0 Å². The van der Waals surface area contributed by atoms with Crippen LogP contribution in [0.15, 0.2) is 20.6 Å². The van der Waals surface area contributed by atoms with Crippen molar-refractivity contribution in [2.45, 2.75) is 4.21 Å². The van der Waals surface area contributed by atoms with Crippen molar-refractivity contribution in [3.05, 3.63) is 11.4 Å². The largest absolute Gasteiger partial charge is 0.258 e. The first-order valence-electron chi connectivity index (χ1n) is 2.69. The SMILES string of the molecule is C1=Nc2ccsc2SC1. The fourth-order valence-electron chi connectivity index (χ4n) is 0.741. The molecule has 0 fully saturated rings. The number of thiophene rings is 1. The molecule has 1 aromatic rings. The van der Waals surface area contributed by atoms with E-state index in [9.17, 15) is 0 Å². The molecule has 0 unspecified atom stereocenters. The quantitative estimate of drug-likeness (QED) is 0.561. The minimum atomic E-state index is 1.04. The second-order valence-corrected chi connectivity index (χ2v) is 3.92. The number of thioether (sulfide) groups is 1. The molecule has 2 heterocycles. The monoisotopic (exact) mass is 155 g/mol. The lowest BCUT2D eigenvalue weighted by Crippen LogP contribution is -1.82. The summed E-state index contributed by atoms with van der Waals surface area (Å²) in [5, 5.41) is 2.08. The zero-order valence-corrected chi connectivity index (χ0v) is 6.34. The van der Waals surface area contributed by atoms with Crippen molar-refractivity contribution in [2.24, 2.45) is 4.99 Å². The van der Waals surface area contributed by atoms with Crippen molar-refractivity contribution in [1.29, 1.82) is 0 Å². The topological polar surface area (TPSA) is 12.4 Å². The summed E-state index contributed by atoms with van der Waals surface area (Å²) in [6, 6.07) is 2.06. The lowest BCUT2D eigenvalue weighted by molar-refractivity contribution is 1.48. The number of rotatable bonds is 0. The smallest absolute Gasteiger partial charge is 0.0870 e. The van der Waals surface area contributed by atoms with Gasteiger partial charge in [-0.1, -0.05) is 0 Å². The van der Waals surface area contributed by atoms with E-state index in [1.54, 1.807) is 11.3 Å². The summed E-state index contributed by atoms with van der Waals surface area (Å²) in [7, 11) is 0. The second kappa shape index (κ2) is 2.15. The molecule has 1 aromatic heterocycles. The number of aliphatic imine (C=N–C) groups is 1. The van der Waals surface area contributed by atoms with E-state index in [1.807, 2.05) is 18.0 Å². The minimum absolute atomic E-state index is 1.04. The van der Waals surface area contributed by atoms with Crippen molar-refractivity contribution in [3.63, 3.8) is 0 Å². The first-order valence-corrected chi connectivity index (χ1v) is 4.56. The molecule has 0 aliphatic carbocycles. The van der Waals surface area contributed by atoms with Crippen molar-refractivity contribution < 1.29 is 0 Å². The maximum atomic E-state index is 4.22. The summed E-state index contributed by atoms with van der Waals surface area (Å²) in [6.07, 6.45) is 1.96. The van der Waals surface area contributed by atoms with Crippen LogP contribution < -0.4 is 0 Å². The van der Waals surface area contributed by atoms with Crippen LogP contribution in [-0.4, -0.2) is 12.0 Å². The molecular weight excluding hydrogens is 150 g/mol. The Kier molecular flexibility index (Phi) is 1.32. The van der Waals surface area contributed by atoms with Gasteiger partial charge in [0.05, 0.1) is 9.90 Å². The molecule has 0 N–H and O–H groups in total. The van der Waals surface area contributed by atoms with Gasteiger partial charge >= 0.3 is 0 Å². The molecule has 1 nitrogen and oxygen atoms in total. The Morgan fingerprint density at radius 3 is 3.44 bits per heavy atom. The van der Waals surface area contributed by atoms with Gasteiger partial charge in [-0.05, 0) is 11.4 Å². The second-order valence-electron chi connectivity index (χ2n) is 1.72. The normalized spacial score (nSPS) is 15.6. The molecule has 0 atom stereocenters. The van der Waals surface area contributed by atoms with Crippen LogP contribution >= 0.6 is 23.1 Å². The molecule has 0 saturated carbocycles. The zero-order valence-electron chi connectivity index (χ0n) is 4.70. The molecule has 1 aliphatic rings. The molecule has 1 aliphatic heterocycles. The fourth-order valence-corrected chi connectivity index (χ4v) is 2.52. The summed E-state index contributed by atoms with van der Waals surface area (Å²) in [6.45, 7) is 0. The minimum Gasteiger partial charge on any atom is -0.258 e. The van der Waals surface area contributed by atoms with E-state index >= 15 is 0 Å². The van der Waals surface area contributed by atoms with Gasteiger partial charge in [0.1, 0.15) is 0 Å². The lowest BCUT2D eigenvalue weighted by Gasteiger charge is -2.00. The lowest BCUT2D eigenvalue weighted by atomic mass is 10.5. The van der Waals surface area contributed by atoms with Crippen LogP contribution in [0.2, 0.25) is 0 Å². The molecule has 2 rings (SSSR count). The summed E-state index contributed by atoms with van der Waals surface area (Å²) in [4.78, 5) is 4.22. The Balaban J connectivity index is 2.53. The number of hydrogen-bond donors (Lipinski definition) is 0. The van der Waals surface area contributed by atoms with E-state index in [0.29, 0.717) is 0 Å². The van der Waals surface area contributed by atoms with E-state index in [1.165, 1.54) is 4.21 Å². The molecule has 9 heavy (non-hydrogen) atoms. The molecule has 0 saturated heterocycles. The van der Waals surface area contributed by atoms with Gasteiger partial charge in [-0.2, -0.15) is 0 Å². The molecule has 0 aromatic carbocycles. The Labute approximate surface area is 61.8 Å².